The van der Waals surface area contributed by atoms with Gasteiger partial charge in [0.15, 0.2) is 0 Å². The minimum Gasteiger partial charge on any atom is -0.497 e. The first-order valence-electron chi connectivity index (χ1n) is 10.8. The first-order valence-corrected chi connectivity index (χ1v) is 10.8. The van der Waals surface area contributed by atoms with Gasteiger partial charge < -0.3 is 29.9 Å². The predicted octanol–water partition coefficient (Wildman–Crippen LogP) is 5.63. The van der Waals surface area contributed by atoms with E-state index in [0.717, 1.165) is 50.3 Å². The number of aromatic nitrogens is 2. The summed E-state index contributed by atoms with van der Waals surface area (Å²) < 4.78 is 16.5. The topological polar surface area (TPSA) is 85.3 Å². The minimum absolute atomic E-state index is 0.0288. The van der Waals surface area contributed by atoms with E-state index in [2.05, 4.69) is 34.5 Å². The predicted molar refractivity (Wildman–Crippen MR) is 133 cm³/mol. The maximum atomic E-state index is 6.40. The smallest absolute Gasteiger partial charge is 0.119 e. The van der Waals surface area contributed by atoms with Crippen molar-refractivity contribution < 1.29 is 14.2 Å². The first-order chi connectivity index (χ1) is 16.1. The second-order valence-corrected chi connectivity index (χ2v) is 8.13. The summed E-state index contributed by atoms with van der Waals surface area (Å²) in [7, 11) is 5.05. The van der Waals surface area contributed by atoms with Gasteiger partial charge in [0.1, 0.15) is 17.2 Å². The molecule has 0 amide bonds. The van der Waals surface area contributed by atoms with Gasteiger partial charge in [-0.1, -0.05) is 0 Å². The molecule has 5 aromatic rings. The van der Waals surface area contributed by atoms with E-state index in [9.17, 15) is 0 Å². The summed E-state index contributed by atoms with van der Waals surface area (Å²) in [6, 6.07) is 18.0. The van der Waals surface area contributed by atoms with Crippen molar-refractivity contribution in [2.75, 3.05) is 27.1 Å². The lowest BCUT2D eigenvalue weighted by Gasteiger charge is -2.19. The lowest BCUT2D eigenvalue weighted by Crippen LogP contribution is -2.07. The Morgan fingerprint density at radius 1 is 0.697 bits per heavy atom. The number of nitrogens with one attached hydrogen (secondary N) is 2. The van der Waals surface area contributed by atoms with Crippen molar-refractivity contribution in [1.82, 2.24) is 9.97 Å². The molecular weight excluding hydrogens is 414 g/mol. The van der Waals surface area contributed by atoms with Crippen LogP contribution in [0.15, 0.2) is 67.0 Å². The van der Waals surface area contributed by atoms with Crippen molar-refractivity contribution >= 4 is 27.5 Å². The average Bonchev–Trinajstić information content (AvgIpc) is 3.47. The summed E-state index contributed by atoms with van der Waals surface area (Å²) in [5.41, 5.74) is 12.7. The molecule has 0 saturated carbocycles. The van der Waals surface area contributed by atoms with Crippen LogP contribution in [0.5, 0.6) is 17.2 Å². The average molecular weight is 442 g/mol. The van der Waals surface area contributed by atoms with E-state index in [4.69, 9.17) is 19.9 Å². The number of ether oxygens (including phenoxy) is 3. The van der Waals surface area contributed by atoms with E-state index >= 15 is 0 Å². The van der Waals surface area contributed by atoms with Crippen LogP contribution in [-0.2, 0) is 6.42 Å². The van der Waals surface area contributed by atoms with Gasteiger partial charge in [-0.3, -0.25) is 0 Å². The Hall–Kier alpha value is -4.06. The van der Waals surface area contributed by atoms with Gasteiger partial charge in [-0.25, -0.2) is 0 Å². The molecule has 5 rings (SSSR count). The van der Waals surface area contributed by atoms with Gasteiger partial charge in [-0.15, -0.1) is 0 Å². The fraction of sp³-hybridized carbons (Fsp3) is 0.185. The van der Waals surface area contributed by atoms with Crippen LogP contribution < -0.4 is 19.9 Å². The van der Waals surface area contributed by atoms with Crippen LogP contribution in [0.3, 0.4) is 0 Å². The molecule has 6 nitrogen and oxygen atoms in total. The van der Waals surface area contributed by atoms with E-state index in [1.807, 2.05) is 42.5 Å². The number of rotatable bonds is 7. The number of benzene rings is 3. The quantitative estimate of drug-likeness (QED) is 0.286. The molecule has 0 aliphatic rings. The fourth-order valence-electron chi connectivity index (χ4n) is 4.57. The number of fused-ring (bicyclic) bond motifs is 2. The molecule has 0 fully saturated rings. The Morgan fingerprint density at radius 3 is 1.70 bits per heavy atom. The Kier molecular flexibility index (Phi) is 5.34. The first kappa shape index (κ1) is 20.8. The fourth-order valence-corrected chi connectivity index (χ4v) is 4.57. The van der Waals surface area contributed by atoms with Crippen LogP contribution in [0.4, 0.5) is 5.69 Å². The van der Waals surface area contributed by atoms with Gasteiger partial charge in [0.05, 0.1) is 21.3 Å². The maximum Gasteiger partial charge on any atom is 0.119 e. The molecule has 0 spiro atoms. The monoisotopic (exact) mass is 441 g/mol. The molecule has 168 valence electrons. The van der Waals surface area contributed by atoms with Crippen LogP contribution >= 0.6 is 0 Å². The van der Waals surface area contributed by atoms with Crippen LogP contribution in [0, 0.1) is 0 Å². The Morgan fingerprint density at radius 2 is 1.18 bits per heavy atom. The Bertz CT molecular complexity index is 1350. The highest BCUT2D eigenvalue weighted by Crippen LogP contribution is 2.40. The molecule has 2 aromatic heterocycles. The maximum absolute atomic E-state index is 6.40. The summed E-state index contributed by atoms with van der Waals surface area (Å²) in [6.45, 7) is 0. The summed E-state index contributed by atoms with van der Waals surface area (Å²) in [5.74, 6) is 2.47. The van der Waals surface area contributed by atoms with E-state index in [1.54, 1.807) is 21.3 Å². The molecule has 4 N–H and O–H groups in total. The van der Waals surface area contributed by atoms with Crippen molar-refractivity contribution in [2.24, 2.45) is 0 Å². The number of methoxy groups -OCH3 is 3. The lowest BCUT2D eigenvalue weighted by molar-refractivity contribution is 0.414. The molecule has 0 unspecified atom stereocenters. The van der Waals surface area contributed by atoms with Crippen LogP contribution in [-0.4, -0.2) is 31.3 Å². The number of hydrogen-bond donors (Lipinski definition) is 3. The standard InChI is InChI=1S/C27H27N3O3/c1-31-17-4-7-25(28)16(10-17)11-20(23-14-29-26-8-5-18(32-2)12-21(23)26)24-15-30-27-9-6-19(33-3)13-22(24)27/h4-10,12-15,20,29-30H,11,28H2,1-3H3. The summed E-state index contributed by atoms with van der Waals surface area (Å²) in [5, 5.41) is 2.25. The number of anilines is 1. The molecule has 0 aliphatic carbocycles. The highest BCUT2D eigenvalue weighted by atomic mass is 16.5. The summed E-state index contributed by atoms with van der Waals surface area (Å²) in [4.78, 5) is 6.86. The van der Waals surface area contributed by atoms with Gasteiger partial charge >= 0.3 is 0 Å². The summed E-state index contributed by atoms with van der Waals surface area (Å²) in [6.07, 6.45) is 4.88. The molecule has 3 aromatic carbocycles. The summed E-state index contributed by atoms with van der Waals surface area (Å²) >= 11 is 0. The molecule has 2 heterocycles. The Labute approximate surface area is 192 Å². The van der Waals surface area contributed by atoms with Crippen molar-refractivity contribution in [3.05, 3.63) is 83.7 Å². The SMILES string of the molecule is COc1ccc(N)c(CC(c2c[nH]c3ccc(OC)cc23)c2c[nH]c3ccc(OC)cc23)c1. The van der Waals surface area contributed by atoms with Crippen molar-refractivity contribution in [3.63, 3.8) is 0 Å². The molecule has 0 bridgehead atoms. The zero-order chi connectivity index (χ0) is 22.9. The van der Waals surface area contributed by atoms with E-state index in [1.165, 1.54) is 11.1 Å². The van der Waals surface area contributed by atoms with Crippen LogP contribution in [0.1, 0.15) is 22.6 Å². The minimum atomic E-state index is 0.0288. The number of H-pyrrole nitrogens is 2. The molecule has 33 heavy (non-hydrogen) atoms. The van der Waals surface area contributed by atoms with Gasteiger partial charge in [-0.05, 0) is 77.7 Å². The molecular formula is C27H27N3O3. The van der Waals surface area contributed by atoms with Gasteiger partial charge in [0.2, 0.25) is 0 Å². The Balaban J connectivity index is 1.71. The third-order valence-corrected chi connectivity index (χ3v) is 6.37. The second kappa shape index (κ2) is 8.47. The third-order valence-electron chi connectivity index (χ3n) is 6.37. The van der Waals surface area contributed by atoms with Crippen molar-refractivity contribution in [1.29, 1.82) is 0 Å². The zero-order valence-corrected chi connectivity index (χ0v) is 18.9. The third kappa shape index (κ3) is 3.74. The largest absolute Gasteiger partial charge is 0.497 e. The molecule has 0 radical (unpaired) electrons. The molecule has 0 atom stereocenters. The van der Waals surface area contributed by atoms with Gasteiger partial charge in [-0.2, -0.15) is 0 Å². The second-order valence-electron chi connectivity index (χ2n) is 8.13. The molecule has 0 aliphatic heterocycles. The van der Waals surface area contributed by atoms with E-state index in [0.29, 0.717) is 6.42 Å². The number of nitrogens with two attached hydrogens (primary N) is 1. The van der Waals surface area contributed by atoms with Gasteiger partial charge in [0.25, 0.3) is 0 Å². The van der Waals surface area contributed by atoms with Crippen LogP contribution in [0.25, 0.3) is 21.8 Å². The van der Waals surface area contributed by atoms with Crippen molar-refractivity contribution in [3.8, 4) is 17.2 Å². The van der Waals surface area contributed by atoms with Gasteiger partial charge in [0, 0.05) is 45.8 Å². The van der Waals surface area contributed by atoms with Crippen molar-refractivity contribution in [2.45, 2.75) is 12.3 Å². The number of nitrogen functional groups attached to an aromatic ring is 1. The van der Waals surface area contributed by atoms with Crippen LogP contribution in [0.2, 0.25) is 0 Å². The highest BCUT2D eigenvalue weighted by molar-refractivity contribution is 5.89. The molecule has 0 saturated heterocycles. The zero-order valence-electron chi connectivity index (χ0n) is 18.9. The van der Waals surface area contributed by atoms with E-state index in [-0.39, 0.29) is 5.92 Å². The number of hydrogen-bond acceptors (Lipinski definition) is 4. The molecule has 6 heteroatoms. The van der Waals surface area contributed by atoms with E-state index < -0.39 is 0 Å². The highest BCUT2D eigenvalue weighted by Gasteiger charge is 2.23. The number of aromatic amines is 2. The lowest BCUT2D eigenvalue weighted by atomic mass is 9.85. The normalized spacial score (nSPS) is 11.4.